The van der Waals surface area contributed by atoms with Crippen molar-refractivity contribution in [1.29, 1.82) is 0 Å². The van der Waals surface area contributed by atoms with Gasteiger partial charge in [-0.1, -0.05) is 11.6 Å². The van der Waals surface area contributed by atoms with Crippen LogP contribution in [0.1, 0.15) is 18.1 Å². The van der Waals surface area contributed by atoms with Gasteiger partial charge in [0.15, 0.2) is 0 Å². The third-order valence-corrected chi connectivity index (χ3v) is 2.82. The number of carbonyl (C=O) groups excluding carboxylic acids is 1. The van der Waals surface area contributed by atoms with Gasteiger partial charge in [0.05, 0.1) is 7.11 Å². The third-order valence-electron chi connectivity index (χ3n) is 2.82. The minimum atomic E-state index is -0.506. The summed E-state index contributed by atoms with van der Waals surface area (Å²) in [4.78, 5) is 11.1. The zero-order valence-corrected chi connectivity index (χ0v) is 9.66. The Morgan fingerprint density at radius 1 is 1.50 bits per heavy atom. The molecule has 2 rings (SSSR count). The zero-order chi connectivity index (χ0) is 11.8. The number of hydrogen-bond acceptors (Lipinski definition) is 3. The van der Waals surface area contributed by atoms with E-state index in [9.17, 15) is 4.79 Å². The average Bonchev–Trinajstić information content (AvgIpc) is 2.60. The Morgan fingerprint density at radius 2 is 2.25 bits per heavy atom. The Labute approximate surface area is 94.6 Å². The van der Waals surface area contributed by atoms with Crippen molar-refractivity contribution in [2.24, 2.45) is 0 Å². The van der Waals surface area contributed by atoms with Gasteiger partial charge in [-0.2, -0.15) is 0 Å². The maximum atomic E-state index is 11.1. The highest BCUT2D eigenvalue weighted by molar-refractivity contribution is 5.71. The van der Waals surface area contributed by atoms with Gasteiger partial charge in [0.2, 0.25) is 0 Å². The monoisotopic (exact) mass is 221 g/mol. The first-order valence-corrected chi connectivity index (χ1v) is 5.15. The highest BCUT2D eigenvalue weighted by atomic mass is 16.6. The van der Waals surface area contributed by atoms with E-state index in [0.717, 1.165) is 16.9 Å². The number of carbonyl (C=O) groups is 1. The summed E-state index contributed by atoms with van der Waals surface area (Å²) in [7, 11) is 1.62. The largest absolute Gasteiger partial charge is 0.496 e. The van der Waals surface area contributed by atoms with Gasteiger partial charge in [-0.15, -0.1) is 0 Å². The second kappa shape index (κ2) is 3.70. The second-order valence-corrected chi connectivity index (χ2v) is 4.24. The molecule has 4 nitrogen and oxygen atoms in total. The highest BCUT2D eigenvalue weighted by Crippen LogP contribution is 2.33. The normalized spacial score (nSPS) is 23.8. The SMILES string of the molecule is COc1ccc(C)cc1C1(C)COC(=O)N1. The van der Waals surface area contributed by atoms with E-state index in [0.29, 0.717) is 6.61 Å². The zero-order valence-electron chi connectivity index (χ0n) is 9.66. The molecule has 0 radical (unpaired) electrons. The number of alkyl carbamates (subject to hydrolysis) is 1. The van der Waals surface area contributed by atoms with Gasteiger partial charge in [0, 0.05) is 5.56 Å². The number of hydrogen-bond donors (Lipinski definition) is 1. The third kappa shape index (κ3) is 1.71. The summed E-state index contributed by atoms with van der Waals surface area (Å²) in [5, 5.41) is 2.81. The number of benzene rings is 1. The van der Waals surface area contributed by atoms with Crippen molar-refractivity contribution in [3.63, 3.8) is 0 Å². The molecule has 0 saturated carbocycles. The van der Waals surface area contributed by atoms with Crippen LogP contribution in [0.3, 0.4) is 0 Å². The van der Waals surface area contributed by atoms with E-state index < -0.39 is 5.54 Å². The number of methoxy groups -OCH3 is 1. The fourth-order valence-corrected chi connectivity index (χ4v) is 1.91. The Kier molecular flexibility index (Phi) is 2.50. The Hall–Kier alpha value is -1.71. The van der Waals surface area contributed by atoms with Crippen molar-refractivity contribution in [2.75, 3.05) is 13.7 Å². The predicted molar refractivity (Wildman–Crippen MR) is 59.6 cm³/mol. The lowest BCUT2D eigenvalue weighted by Gasteiger charge is -2.24. The molecule has 1 fully saturated rings. The van der Waals surface area contributed by atoms with Crippen LogP contribution in [0.15, 0.2) is 18.2 Å². The maximum Gasteiger partial charge on any atom is 0.408 e. The van der Waals surface area contributed by atoms with E-state index in [1.54, 1.807) is 7.11 Å². The van der Waals surface area contributed by atoms with Crippen LogP contribution in [0, 0.1) is 6.92 Å². The van der Waals surface area contributed by atoms with E-state index in [-0.39, 0.29) is 6.09 Å². The summed E-state index contributed by atoms with van der Waals surface area (Å²) in [5.41, 5.74) is 1.56. The molecule has 1 saturated heterocycles. The molecule has 16 heavy (non-hydrogen) atoms. The van der Waals surface area contributed by atoms with Crippen molar-refractivity contribution >= 4 is 6.09 Å². The lowest BCUT2D eigenvalue weighted by atomic mass is 9.91. The predicted octanol–water partition coefficient (Wildman–Crippen LogP) is 1.96. The molecule has 1 atom stereocenters. The van der Waals surface area contributed by atoms with Crippen molar-refractivity contribution in [1.82, 2.24) is 5.32 Å². The summed E-state index contributed by atoms with van der Waals surface area (Å²) >= 11 is 0. The Morgan fingerprint density at radius 3 is 2.81 bits per heavy atom. The summed E-state index contributed by atoms with van der Waals surface area (Å²) < 4.78 is 10.3. The summed E-state index contributed by atoms with van der Waals surface area (Å²) in [6.45, 7) is 4.25. The fourth-order valence-electron chi connectivity index (χ4n) is 1.91. The van der Waals surface area contributed by atoms with Crippen LogP contribution in [-0.2, 0) is 10.3 Å². The summed E-state index contributed by atoms with van der Waals surface area (Å²) in [6, 6.07) is 5.89. The first-order chi connectivity index (χ1) is 7.55. The lowest BCUT2D eigenvalue weighted by Crippen LogP contribution is -2.37. The van der Waals surface area contributed by atoms with Crippen LogP contribution < -0.4 is 10.1 Å². The van der Waals surface area contributed by atoms with Crippen molar-refractivity contribution in [3.05, 3.63) is 29.3 Å². The second-order valence-electron chi connectivity index (χ2n) is 4.24. The van der Waals surface area contributed by atoms with Crippen LogP contribution in [0.4, 0.5) is 4.79 Å². The molecule has 1 unspecified atom stereocenters. The Bertz CT molecular complexity index is 430. The molecule has 1 aromatic carbocycles. The molecule has 0 aromatic heterocycles. The van der Waals surface area contributed by atoms with E-state index >= 15 is 0 Å². The van der Waals surface area contributed by atoms with Gasteiger partial charge in [0.25, 0.3) is 0 Å². The molecule has 1 aromatic rings. The minimum absolute atomic E-state index is 0.325. The minimum Gasteiger partial charge on any atom is -0.496 e. The first kappa shape index (κ1) is 10.8. The molecule has 0 aliphatic carbocycles. The number of ether oxygens (including phenoxy) is 2. The quantitative estimate of drug-likeness (QED) is 0.830. The van der Waals surface area contributed by atoms with E-state index in [1.807, 2.05) is 32.0 Å². The molecule has 86 valence electrons. The van der Waals surface area contributed by atoms with E-state index in [2.05, 4.69) is 5.32 Å². The lowest BCUT2D eigenvalue weighted by molar-refractivity contribution is 0.173. The van der Waals surface area contributed by atoms with Crippen molar-refractivity contribution in [3.8, 4) is 5.75 Å². The highest BCUT2D eigenvalue weighted by Gasteiger charge is 2.38. The average molecular weight is 221 g/mol. The van der Waals surface area contributed by atoms with Gasteiger partial charge in [0.1, 0.15) is 17.9 Å². The number of aryl methyl sites for hydroxylation is 1. The molecule has 1 amide bonds. The molecular formula is C12H15NO3. The van der Waals surface area contributed by atoms with Crippen LogP contribution in [0.5, 0.6) is 5.75 Å². The summed E-state index contributed by atoms with van der Waals surface area (Å²) in [6.07, 6.45) is -0.383. The van der Waals surface area contributed by atoms with E-state index in [1.165, 1.54) is 0 Å². The molecule has 1 aliphatic rings. The summed E-state index contributed by atoms with van der Waals surface area (Å²) in [5.74, 6) is 0.763. The van der Waals surface area contributed by atoms with Crippen molar-refractivity contribution < 1.29 is 14.3 Å². The van der Waals surface area contributed by atoms with Gasteiger partial charge >= 0.3 is 6.09 Å². The molecule has 4 heteroatoms. The Balaban J connectivity index is 2.46. The van der Waals surface area contributed by atoms with Crippen molar-refractivity contribution in [2.45, 2.75) is 19.4 Å². The van der Waals surface area contributed by atoms with Crippen LogP contribution in [0.2, 0.25) is 0 Å². The fraction of sp³-hybridized carbons (Fsp3) is 0.417. The van der Waals surface area contributed by atoms with Crippen LogP contribution >= 0.6 is 0 Å². The van der Waals surface area contributed by atoms with Crippen LogP contribution in [0.25, 0.3) is 0 Å². The number of amides is 1. The number of nitrogens with one attached hydrogen (secondary N) is 1. The molecule has 1 heterocycles. The van der Waals surface area contributed by atoms with Gasteiger partial charge in [-0.05, 0) is 26.0 Å². The van der Waals surface area contributed by atoms with Crippen LogP contribution in [-0.4, -0.2) is 19.8 Å². The van der Waals surface area contributed by atoms with Gasteiger partial charge < -0.3 is 14.8 Å². The molecule has 1 aliphatic heterocycles. The first-order valence-electron chi connectivity index (χ1n) is 5.15. The molecular weight excluding hydrogens is 206 g/mol. The maximum absolute atomic E-state index is 11.1. The topological polar surface area (TPSA) is 47.6 Å². The molecule has 0 bridgehead atoms. The van der Waals surface area contributed by atoms with Gasteiger partial charge in [-0.3, -0.25) is 0 Å². The van der Waals surface area contributed by atoms with Gasteiger partial charge in [-0.25, -0.2) is 4.79 Å². The smallest absolute Gasteiger partial charge is 0.408 e. The molecule has 0 spiro atoms. The van der Waals surface area contributed by atoms with E-state index in [4.69, 9.17) is 9.47 Å². The standard InChI is InChI=1S/C12H15NO3/c1-8-4-5-10(15-3)9(6-8)12(2)7-16-11(14)13-12/h4-6H,7H2,1-3H3,(H,13,14). The molecule has 1 N–H and O–H groups in total. The number of rotatable bonds is 2. The number of cyclic esters (lactones) is 1.